The predicted octanol–water partition coefficient (Wildman–Crippen LogP) is 2.83. The second kappa shape index (κ2) is 9.49. The fourth-order valence-corrected chi connectivity index (χ4v) is 1.75. The number of rotatable bonds is 7. The van der Waals surface area contributed by atoms with Crippen LogP contribution in [0.2, 0.25) is 0 Å². The highest BCUT2D eigenvalue weighted by Crippen LogP contribution is 2.05. The zero-order valence-electron chi connectivity index (χ0n) is 11.8. The molecule has 3 heteroatoms. The van der Waals surface area contributed by atoms with Crippen LogP contribution in [-0.2, 0) is 0 Å². The minimum absolute atomic E-state index is 0.956. The van der Waals surface area contributed by atoms with Crippen molar-refractivity contribution in [2.24, 2.45) is 4.99 Å². The van der Waals surface area contributed by atoms with E-state index in [0.717, 1.165) is 12.5 Å². The topological polar surface area (TPSA) is 18.8 Å². The van der Waals surface area contributed by atoms with Gasteiger partial charge in [-0.1, -0.05) is 39.0 Å². The first-order chi connectivity index (χ1) is 7.59. The molecular weight excluding hydrogens is 198 g/mol. The fourth-order valence-electron chi connectivity index (χ4n) is 1.75. The van der Waals surface area contributed by atoms with Crippen molar-refractivity contribution < 1.29 is 0 Å². The van der Waals surface area contributed by atoms with E-state index < -0.39 is 0 Å². The lowest BCUT2D eigenvalue weighted by Gasteiger charge is -2.22. The molecule has 0 aliphatic heterocycles. The van der Waals surface area contributed by atoms with Crippen LogP contribution in [0.1, 0.15) is 45.4 Å². The Morgan fingerprint density at radius 3 is 1.81 bits per heavy atom. The first kappa shape index (κ1) is 15.3. The second-order valence-electron chi connectivity index (χ2n) is 4.74. The number of hydrogen-bond acceptors (Lipinski definition) is 1. The molecule has 3 nitrogen and oxygen atoms in total. The predicted molar refractivity (Wildman–Crippen MR) is 73.1 cm³/mol. The van der Waals surface area contributed by atoms with Crippen LogP contribution < -0.4 is 0 Å². The normalized spacial score (nSPS) is 10.1. The summed E-state index contributed by atoms with van der Waals surface area (Å²) in [6.45, 7) is 3.21. The zero-order chi connectivity index (χ0) is 12.4. The zero-order valence-corrected chi connectivity index (χ0v) is 11.8. The molecule has 0 saturated carbocycles. The Labute approximate surface area is 102 Å². The summed E-state index contributed by atoms with van der Waals surface area (Å²) >= 11 is 0. The van der Waals surface area contributed by atoms with Crippen LogP contribution in [0.5, 0.6) is 0 Å². The van der Waals surface area contributed by atoms with Gasteiger partial charge in [-0.2, -0.15) is 0 Å². The van der Waals surface area contributed by atoms with Crippen molar-refractivity contribution in [1.29, 1.82) is 0 Å². The van der Waals surface area contributed by atoms with E-state index in [2.05, 4.69) is 21.7 Å². The molecule has 0 amide bonds. The molecule has 0 rings (SSSR count). The number of guanidine groups is 1. The molecular formula is C13H29N3. The summed E-state index contributed by atoms with van der Waals surface area (Å²) in [4.78, 5) is 8.74. The van der Waals surface area contributed by atoms with Gasteiger partial charge in [0.15, 0.2) is 5.96 Å². The van der Waals surface area contributed by atoms with E-state index in [4.69, 9.17) is 0 Å². The van der Waals surface area contributed by atoms with Crippen molar-refractivity contribution in [3.8, 4) is 0 Å². The largest absolute Gasteiger partial charge is 0.349 e. The number of hydrogen-bond donors (Lipinski definition) is 0. The van der Waals surface area contributed by atoms with Crippen LogP contribution in [0.4, 0.5) is 0 Å². The van der Waals surface area contributed by atoms with Gasteiger partial charge in [-0.15, -0.1) is 0 Å². The van der Waals surface area contributed by atoms with Gasteiger partial charge in [-0.25, -0.2) is 0 Å². The molecule has 0 fully saturated rings. The van der Waals surface area contributed by atoms with Gasteiger partial charge in [0.05, 0.1) is 0 Å². The molecule has 0 atom stereocenters. The van der Waals surface area contributed by atoms with E-state index in [9.17, 15) is 0 Å². The van der Waals surface area contributed by atoms with Crippen LogP contribution in [0, 0.1) is 0 Å². The molecule has 0 aromatic heterocycles. The highest BCUT2D eigenvalue weighted by Gasteiger charge is 2.02. The summed E-state index contributed by atoms with van der Waals surface area (Å²) in [5, 5.41) is 0. The third kappa shape index (κ3) is 7.55. The van der Waals surface area contributed by atoms with Crippen molar-refractivity contribution in [3.05, 3.63) is 0 Å². The highest BCUT2D eigenvalue weighted by atomic mass is 15.3. The van der Waals surface area contributed by atoms with Gasteiger partial charge in [0.2, 0.25) is 0 Å². The van der Waals surface area contributed by atoms with Crippen LogP contribution in [-0.4, -0.2) is 50.5 Å². The lowest BCUT2D eigenvalue weighted by atomic mass is 10.1. The van der Waals surface area contributed by atoms with Gasteiger partial charge in [0.1, 0.15) is 0 Å². The first-order valence-electron chi connectivity index (χ1n) is 6.48. The highest BCUT2D eigenvalue weighted by molar-refractivity contribution is 5.79. The van der Waals surface area contributed by atoms with Crippen LogP contribution in [0.15, 0.2) is 4.99 Å². The quantitative estimate of drug-likeness (QED) is 0.378. The minimum Gasteiger partial charge on any atom is -0.349 e. The van der Waals surface area contributed by atoms with Crippen LogP contribution >= 0.6 is 0 Å². The third-order valence-corrected chi connectivity index (χ3v) is 2.56. The maximum absolute atomic E-state index is 4.61. The molecule has 0 unspecified atom stereocenters. The lowest BCUT2D eigenvalue weighted by molar-refractivity contribution is 0.478. The Balaban J connectivity index is 3.63. The Morgan fingerprint density at radius 1 is 0.812 bits per heavy atom. The average Bonchev–Trinajstić information content (AvgIpc) is 2.21. The van der Waals surface area contributed by atoms with Gasteiger partial charge < -0.3 is 9.80 Å². The molecule has 0 aromatic rings. The summed E-state index contributed by atoms with van der Waals surface area (Å²) in [5.41, 5.74) is 0. The van der Waals surface area contributed by atoms with Gasteiger partial charge in [-0.05, 0) is 6.42 Å². The molecule has 96 valence electrons. The Morgan fingerprint density at radius 2 is 1.31 bits per heavy atom. The van der Waals surface area contributed by atoms with E-state index in [1.807, 2.05) is 28.2 Å². The van der Waals surface area contributed by atoms with Crippen molar-refractivity contribution in [1.82, 2.24) is 9.80 Å². The molecule has 0 spiro atoms. The molecule has 0 radical (unpaired) electrons. The maximum atomic E-state index is 4.61. The number of nitrogens with zero attached hydrogens (tertiary/aromatic N) is 3. The lowest BCUT2D eigenvalue weighted by Crippen LogP contribution is -2.35. The SMILES string of the molecule is CCCCCCCCN=C(N(C)C)N(C)C. The van der Waals surface area contributed by atoms with E-state index in [1.165, 1.54) is 38.5 Å². The number of unbranched alkanes of at least 4 members (excludes halogenated alkanes) is 5. The third-order valence-electron chi connectivity index (χ3n) is 2.56. The van der Waals surface area contributed by atoms with E-state index >= 15 is 0 Å². The Hall–Kier alpha value is -0.730. The molecule has 16 heavy (non-hydrogen) atoms. The summed E-state index contributed by atoms with van der Waals surface area (Å²) in [5.74, 6) is 1.06. The second-order valence-corrected chi connectivity index (χ2v) is 4.74. The first-order valence-corrected chi connectivity index (χ1v) is 6.48. The molecule has 0 aliphatic carbocycles. The van der Waals surface area contributed by atoms with E-state index in [-0.39, 0.29) is 0 Å². The van der Waals surface area contributed by atoms with Crippen molar-refractivity contribution in [2.45, 2.75) is 45.4 Å². The fraction of sp³-hybridized carbons (Fsp3) is 0.923. The molecule has 0 aliphatic rings. The van der Waals surface area contributed by atoms with E-state index in [1.54, 1.807) is 0 Å². The average molecular weight is 227 g/mol. The Bertz CT molecular complexity index is 176. The maximum Gasteiger partial charge on any atom is 0.195 e. The molecule has 0 N–H and O–H groups in total. The van der Waals surface area contributed by atoms with Gasteiger partial charge >= 0.3 is 0 Å². The standard InChI is InChI=1S/C13H29N3/c1-6-7-8-9-10-11-12-14-13(15(2)3)16(4)5/h6-12H2,1-5H3. The van der Waals surface area contributed by atoms with Crippen LogP contribution in [0.3, 0.4) is 0 Å². The minimum atomic E-state index is 0.956. The summed E-state index contributed by atoms with van der Waals surface area (Å²) in [7, 11) is 8.17. The van der Waals surface area contributed by atoms with Crippen molar-refractivity contribution >= 4 is 5.96 Å². The summed E-state index contributed by atoms with van der Waals surface area (Å²) in [6, 6.07) is 0. The van der Waals surface area contributed by atoms with Gasteiger partial charge in [-0.3, -0.25) is 4.99 Å². The van der Waals surface area contributed by atoms with Gasteiger partial charge in [0, 0.05) is 34.7 Å². The summed E-state index contributed by atoms with van der Waals surface area (Å²) in [6.07, 6.45) is 7.98. The monoisotopic (exact) mass is 227 g/mol. The van der Waals surface area contributed by atoms with Gasteiger partial charge in [0.25, 0.3) is 0 Å². The van der Waals surface area contributed by atoms with Crippen LogP contribution in [0.25, 0.3) is 0 Å². The Kier molecular flexibility index (Phi) is 9.06. The van der Waals surface area contributed by atoms with E-state index in [0.29, 0.717) is 0 Å². The molecule has 0 bridgehead atoms. The summed E-state index contributed by atoms with van der Waals surface area (Å²) < 4.78 is 0. The molecule has 0 saturated heterocycles. The molecule has 0 heterocycles. The number of aliphatic imine (C=N–C) groups is 1. The molecule has 0 aromatic carbocycles. The van der Waals surface area contributed by atoms with Crippen molar-refractivity contribution in [2.75, 3.05) is 34.7 Å². The smallest absolute Gasteiger partial charge is 0.195 e. The van der Waals surface area contributed by atoms with Crippen molar-refractivity contribution in [3.63, 3.8) is 0 Å².